The summed E-state index contributed by atoms with van der Waals surface area (Å²) in [6.07, 6.45) is 8.78. The monoisotopic (exact) mass is 340 g/mol. The van der Waals surface area contributed by atoms with Crippen LogP contribution >= 0.6 is 0 Å². The summed E-state index contributed by atoms with van der Waals surface area (Å²) in [5.41, 5.74) is 2.98. The summed E-state index contributed by atoms with van der Waals surface area (Å²) in [5.74, 6) is 0. The fraction of sp³-hybridized carbons (Fsp3) is 0.476. The van der Waals surface area contributed by atoms with Crippen LogP contribution in [-0.4, -0.2) is 48.1 Å². The second-order valence-corrected chi connectivity index (χ2v) is 6.95. The molecule has 1 unspecified atom stereocenters. The van der Waals surface area contributed by atoms with Gasteiger partial charge in [-0.1, -0.05) is 48.6 Å². The number of amides is 1. The molecule has 2 aliphatic rings. The van der Waals surface area contributed by atoms with E-state index in [9.17, 15) is 4.79 Å². The molecule has 1 aliphatic carbocycles. The summed E-state index contributed by atoms with van der Waals surface area (Å²) >= 11 is 0. The van der Waals surface area contributed by atoms with Gasteiger partial charge in [0.1, 0.15) is 0 Å². The molecule has 1 heterocycles. The molecule has 0 saturated carbocycles. The number of ether oxygens (including phenoxy) is 1. The van der Waals surface area contributed by atoms with Gasteiger partial charge in [-0.05, 0) is 37.7 Å². The predicted molar refractivity (Wildman–Crippen MR) is 100 cm³/mol. The first-order valence-electron chi connectivity index (χ1n) is 9.20. The molecule has 1 aromatic carbocycles. The number of hydrogen-bond donors (Lipinski definition) is 0. The Labute approximate surface area is 150 Å². The summed E-state index contributed by atoms with van der Waals surface area (Å²) in [6.45, 7) is 5.49. The van der Waals surface area contributed by atoms with E-state index in [0.29, 0.717) is 6.04 Å². The predicted octanol–water partition coefficient (Wildman–Crippen LogP) is 3.99. The summed E-state index contributed by atoms with van der Waals surface area (Å²) in [5, 5.41) is 0. The average Bonchev–Trinajstić information content (AvgIpc) is 2.60. The first kappa shape index (κ1) is 17.7. The van der Waals surface area contributed by atoms with Crippen LogP contribution in [-0.2, 0) is 11.2 Å². The number of hydrogen-bond acceptors (Lipinski definition) is 3. The number of likely N-dealkylation sites (tertiary alicyclic amines) is 1. The Kier molecular flexibility index (Phi) is 5.92. The number of allylic oxidation sites excluding steroid dienone is 1. The van der Waals surface area contributed by atoms with Gasteiger partial charge >= 0.3 is 6.09 Å². The number of rotatable bonds is 6. The number of carbonyl (C=O) groups excluding carboxylic acids is 1. The summed E-state index contributed by atoms with van der Waals surface area (Å²) in [4.78, 5) is 16.2. The Bertz CT molecular complexity index is 618. The molecule has 25 heavy (non-hydrogen) atoms. The number of benzene rings is 1. The van der Waals surface area contributed by atoms with E-state index >= 15 is 0 Å². The fourth-order valence-electron chi connectivity index (χ4n) is 3.83. The quantitative estimate of drug-likeness (QED) is 0.580. The highest BCUT2D eigenvalue weighted by atomic mass is 16.5. The van der Waals surface area contributed by atoms with Crippen molar-refractivity contribution in [2.24, 2.45) is 0 Å². The summed E-state index contributed by atoms with van der Waals surface area (Å²) < 4.78 is 4.90. The van der Waals surface area contributed by atoms with Crippen molar-refractivity contribution in [3.63, 3.8) is 0 Å². The van der Waals surface area contributed by atoms with E-state index in [1.165, 1.54) is 24.7 Å². The highest BCUT2D eigenvalue weighted by Gasteiger charge is 2.31. The van der Waals surface area contributed by atoms with Crippen LogP contribution in [0.4, 0.5) is 4.79 Å². The molecule has 1 saturated heterocycles. The smallest absolute Gasteiger partial charge is 0.414 e. The average molecular weight is 340 g/mol. The standard InChI is InChI=1S/C21H28N2O2/c1-3-25-21(24)22(2)19-12-14-23(15-13-19)20(18-10-7-11-18)16-17-8-5-4-6-9-17/h3-6,8-10,19-20H,1,7,11-16H2,2H3. The van der Waals surface area contributed by atoms with Crippen LogP contribution in [0, 0.1) is 0 Å². The maximum absolute atomic E-state index is 11.9. The van der Waals surface area contributed by atoms with Crippen molar-refractivity contribution in [2.45, 2.75) is 44.2 Å². The molecule has 3 rings (SSSR count). The van der Waals surface area contributed by atoms with Gasteiger partial charge < -0.3 is 9.64 Å². The lowest BCUT2D eigenvalue weighted by Gasteiger charge is -2.42. The minimum absolute atomic E-state index is 0.247. The molecular formula is C21H28N2O2. The number of carbonyl (C=O) groups is 1. The molecule has 134 valence electrons. The van der Waals surface area contributed by atoms with Crippen LogP contribution < -0.4 is 0 Å². The van der Waals surface area contributed by atoms with E-state index in [2.05, 4.69) is 47.9 Å². The summed E-state index contributed by atoms with van der Waals surface area (Å²) in [6, 6.07) is 11.5. The topological polar surface area (TPSA) is 32.8 Å². The largest absolute Gasteiger partial charge is 0.419 e. The van der Waals surface area contributed by atoms with Crippen molar-refractivity contribution in [3.8, 4) is 0 Å². The molecule has 1 amide bonds. The van der Waals surface area contributed by atoms with Crippen molar-refractivity contribution in [3.05, 3.63) is 60.4 Å². The fourth-order valence-corrected chi connectivity index (χ4v) is 3.83. The van der Waals surface area contributed by atoms with Crippen molar-refractivity contribution in [2.75, 3.05) is 20.1 Å². The van der Waals surface area contributed by atoms with Crippen molar-refractivity contribution in [1.82, 2.24) is 9.80 Å². The van der Waals surface area contributed by atoms with E-state index in [1.807, 2.05) is 7.05 Å². The minimum Gasteiger partial charge on any atom is -0.419 e. The van der Waals surface area contributed by atoms with Gasteiger partial charge in [-0.25, -0.2) is 4.79 Å². The molecule has 1 aliphatic heterocycles. The van der Waals surface area contributed by atoms with E-state index in [0.717, 1.165) is 32.4 Å². The van der Waals surface area contributed by atoms with E-state index in [-0.39, 0.29) is 12.1 Å². The Hall–Kier alpha value is -2.07. The highest BCUT2D eigenvalue weighted by molar-refractivity contribution is 5.68. The molecule has 1 atom stereocenters. The molecule has 0 aromatic heterocycles. The van der Waals surface area contributed by atoms with Gasteiger partial charge in [0, 0.05) is 32.2 Å². The Morgan fingerprint density at radius 2 is 2.04 bits per heavy atom. The Morgan fingerprint density at radius 3 is 2.60 bits per heavy atom. The van der Waals surface area contributed by atoms with Crippen LogP contribution in [0.3, 0.4) is 0 Å². The summed E-state index contributed by atoms with van der Waals surface area (Å²) in [7, 11) is 1.82. The maximum Gasteiger partial charge on any atom is 0.414 e. The first-order valence-corrected chi connectivity index (χ1v) is 9.20. The molecular weight excluding hydrogens is 312 g/mol. The number of piperidine rings is 1. The zero-order chi connectivity index (χ0) is 17.6. The van der Waals surface area contributed by atoms with Gasteiger partial charge in [0.25, 0.3) is 0 Å². The Balaban J connectivity index is 1.60. The molecule has 1 aromatic rings. The van der Waals surface area contributed by atoms with Crippen LogP contribution in [0.25, 0.3) is 0 Å². The minimum atomic E-state index is -0.309. The molecule has 0 spiro atoms. The third-order valence-corrected chi connectivity index (χ3v) is 5.50. The van der Waals surface area contributed by atoms with Crippen molar-refractivity contribution >= 4 is 6.09 Å². The molecule has 0 N–H and O–H groups in total. The lowest BCUT2D eigenvalue weighted by atomic mass is 9.86. The van der Waals surface area contributed by atoms with E-state index in [1.54, 1.807) is 10.5 Å². The van der Waals surface area contributed by atoms with Gasteiger partial charge in [-0.15, -0.1) is 0 Å². The van der Waals surface area contributed by atoms with E-state index in [4.69, 9.17) is 4.74 Å². The molecule has 0 bridgehead atoms. The van der Waals surface area contributed by atoms with Gasteiger partial charge in [-0.3, -0.25) is 4.90 Å². The van der Waals surface area contributed by atoms with Crippen molar-refractivity contribution < 1.29 is 9.53 Å². The van der Waals surface area contributed by atoms with Crippen LogP contribution in [0.2, 0.25) is 0 Å². The van der Waals surface area contributed by atoms with Gasteiger partial charge in [0.05, 0.1) is 6.26 Å². The van der Waals surface area contributed by atoms with Crippen LogP contribution in [0.15, 0.2) is 54.8 Å². The molecule has 1 fully saturated rings. The van der Waals surface area contributed by atoms with Gasteiger partial charge in [0.15, 0.2) is 0 Å². The third-order valence-electron chi connectivity index (χ3n) is 5.50. The third kappa shape index (κ3) is 4.31. The normalized spacial score (nSPS) is 19.5. The maximum atomic E-state index is 11.9. The highest BCUT2D eigenvalue weighted by Crippen LogP contribution is 2.30. The van der Waals surface area contributed by atoms with Gasteiger partial charge in [-0.2, -0.15) is 0 Å². The molecule has 0 radical (unpaired) electrons. The lowest BCUT2D eigenvalue weighted by Crippen LogP contribution is -2.50. The first-order chi connectivity index (χ1) is 12.2. The zero-order valence-corrected chi connectivity index (χ0v) is 15.1. The van der Waals surface area contributed by atoms with Crippen molar-refractivity contribution in [1.29, 1.82) is 0 Å². The van der Waals surface area contributed by atoms with E-state index < -0.39 is 0 Å². The van der Waals surface area contributed by atoms with Gasteiger partial charge in [0.2, 0.25) is 0 Å². The second-order valence-electron chi connectivity index (χ2n) is 6.95. The Morgan fingerprint density at radius 1 is 1.36 bits per heavy atom. The molecule has 4 heteroatoms. The lowest BCUT2D eigenvalue weighted by molar-refractivity contribution is 0.0892. The van der Waals surface area contributed by atoms with Crippen LogP contribution in [0.1, 0.15) is 31.2 Å². The molecule has 4 nitrogen and oxygen atoms in total. The zero-order valence-electron chi connectivity index (χ0n) is 15.1. The SMILES string of the molecule is C=COC(=O)N(C)C1CCN(C(Cc2ccccc2)C2=CCC2)CC1. The second kappa shape index (κ2) is 8.34. The van der Waals surface area contributed by atoms with Crippen LogP contribution in [0.5, 0.6) is 0 Å². The number of nitrogens with zero attached hydrogens (tertiary/aromatic N) is 2.